The van der Waals surface area contributed by atoms with Crippen LogP contribution in [-0.4, -0.2) is 19.1 Å². The van der Waals surface area contributed by atoms with Gasteiger partial charge in [0, 0.05) is 37.3 Å². The molecular formula is C29H22N2O. The summed E-state index contributed by atoms with van der Waals surface area (Å²) in [6.07, 6.45) is 1.78. The van der Waals surface area contributed by atoms with Crippen molar-refractivity contribution in [2.75, 3.05) is 22.9 Å². The summed E-state index contributed by atoms with van der Waals surface area (Å²) in [6, 6.07) is 30.0. The number of fused-ring (bicyclic) bond motifs is 6. The van der Waals surface area contributed by atoms with Gasteiger partial charge in [-0.2, -0.15) is 0 Å². The molecule has 1 heterocycles. The average Bonchev–Trinajstić information content (AvgIpc) is 3.51. The van der Waals surface area contributed by atoms with Gasteiger partial charge >= 0.3 is 6.03 Å². The van der Waals surface area contributed by atoms with Crippen LogP contribution in [0.2, 0.25) is 0 Å². The fourth-order valence-electron chi connectivity index (χ4n) is 5.77. The Morgan fingerprint density at radius 3 is 1.44 bits per heavy atom. The molecule has 1 fully saturated rings. The van der Waals surface area contributed by atoms with Gasteiger partial charge in [0.2, 0.25) is 0 Å². The highest BCUT2D eigenvalue weighted by atomic mass is 16.2. The predicted molar refractivity (Wildman–Crippen MR) is 129 cm³/mol. The fourth-order valence-corrected chi connectivity index (χ4v) is 5.77. The molecule has 0 saturated carbocycles. The van der Waals surface area contributed by atoms with Crippen LogP contribution in [-0.2, 0) is 12.8 Å². The number of anilines is 2. The summed E-state index contributed by atoms with van der Waals surface area (Å²) < 4.78 is 0. The number of rotatable bonds is 2. The highest BCUT2D eigenvalue weighted by Gasteiger charge is 2.35. The third kappa shape index (κ3) is 2.39. The van der Waals surface area contributed by atoms with E-state index in [0.29, 0.717) is 13.1 Å². The monoisotopic (exact) mass is 414 g/mol. The van der Waals surface area contributed by atoms with E-state index in [1.54, 1.807) is 0 Å². The topological polar surface area (TPSA) is 23.6 Å². The Morgan fingerprint density at radius 2 is 0.938 bits per heavy atom. The minimum atomic E-state index is 0.0821. The van der Waals surface area contributed by atoms with Gasteiger partial charge in [0.1, 0.15) is 0 Å². The standard InChI is InChI=1S/C29H22N2O/c32-29-30(27-13-5-11-23-21-9-3-1-7-19(21)17-25(23)27)15-16-31(29)28-14-6-12-24-22-10-4-2-8-20(22)18-26(24)28/h1-14H,15-18H2. The van der Waals surface area contributed by atoms with Crippen LogP contribution < -0.4 is 9.80 Å². The van der Waals surface area contributed by atoms with Gasteiger partial charge < -0.3 is 0 Å². The number of hydrogen-bond acceptors (Lipinski definition) is 1. The van der Waals surface area contributed by atoms with Crippen molar-refractivity contribution in [3.8, 4) is 22.3 Å². The van der Waals surface area contributed by atoms with Crippen LogP contribution in [0.3, 0.4) is 0 Å². The van der Waals surface area contributed by atoms with E-state index < -0.39 is 0 Å². The smallest absolute Gasteiger partial charge is 0.292 e. The average molecular weight is 415 g/mol. The van der Waals surface area contributed by atoms with Crippen molar-refractivity contribution in [2.45, 2.75) is 12.8 Å². The molecule has 4 aromatic carbocycles. The molecule has 0 aromatic heterocycles. The molecule has 1 aliphatic heterocycles. The van der Waals surface area contributed by atoms with Gasteiger partial charge in [-0.05, 0) is 56.6 Å². The van der Waals surface area contributed by atoms with Crippen molar-refractivity contribution < 1.29 is 4.79 Å². The van der Waals surface area contributed by atoms with E-state index in [0.717, 1.165) is 24.2 Å². The van der Waals surface area contributed by atoms with E-state index in [2.05, 4.69) is 84.9 Å². The van der Waals surface area contributed by atoms with Gasteiger partial charge in [0.05, 0.1) is 0 Å². The molecule has 1 saturated heterocycles. The van der Waals surface area contributed by atoms with E-state index in [9.17, 15) is 4.79 Å². The van der Waals surface area contributed by atoms with Crippen LogP contribution in [0.25, 0.3) is 22.3 Å². The molecule has 0 spiro atoms. The summed E-state index contributed by atoms with van der Waals surface area (Å²) in [5.74, 6) is 0. The molecule has 3 nitrogen and oxygen atoms in total. The molecule has 4 aromatic rings. The minimum absolute atomic E-state index is 0.0821. The first kappa shape index (κ1) is 17.8. The Hall–Kier alpha value is -3.85. The second-order valence-corrected chi connectivity index (χ2v) is 8.86. The lowest BCUT2D eigenvalue weighted by atomic mass is 10.0. The van der Waals surface area contributed by atoms with E-state index in [-0.39, 0.29) is 6.03 Å². The highest BCUT2D eigenvalue weighted by Crippen LogP contribution is 2.44. The lowest BCUT2D eigenvalue weighted by Gasteiger charge is -2.22. The van der Waals surface area contributed by atoms with Crippen molar-refractivity contribution in [1.29, 1.82) is 0 Å². The SMILES string of the molecule is O=C1N(c2cccc3c2Cc2ccccc2-3)CCN1c1cccc2c1Cc1ccccc1-2. The molecule has 0 bridgehead atoms. The summed E-state index contributed by atoms with van der Waals surface area (Å²) in [7, 11) is 0. The van der Waals surface area contributed by atoms with Crippen LogP contribution in [0.1, 0.15) is 22.3 Å². The molecule has 154 valence electrons. The van der Waals surface area contributed by atoms with E-state index in [1.165, 1.54) is 44.5 Å². The van der Waals surface area contributed by atoms with Crippen molar-refractivity contribution in [3.63, 3.8) is 0 Å². The third-order valence-electron chi connectivity index (χ3n) is 7.24. The molecule has 3 aliphatic rings. The number of hydrogen-bond donors (Lipinski definition) is 0. The molecule has 2 amide bonds. The quantitative estimate of drug-likeness (QED) is 0.327. The molecule has 32 heavy (non-hydrogen) atoms. The minimum Gasteiger partial charge on any atom is -0.292 e. The maximum atomic E-state index is 13.7. The Kier molecular flexibility index (Phi) is 3.65. The largest absolute Gasteiger partial charge is 0.329 e. The Labute approximate surface area is 187 Å². The molecule has 2 aliphatic carbocycles. The van der Waals surface area contributed by atoms with Crippen LogP contribution in [0.4, 0.5) is 16.2 Å². The first-order chi connectivity index (χ1) is 15.8. The highest BCUT2D eigenvalue weighted by molar-refractivity contribution is 6.08. The van der Waals surface area contributed by atoms with Crippen LogP contribution in [0.15, 0.2) is 84.9 Å². The number of benzene rings is 4. The van der Waals surface area contributed by atoms with Crippen molar-refractivity contribution in [3.05, 3.63) is 107 Å². The predicted octanol–water partition coefficient (Wildman–Crippen LogP) is 6.28. The first-order valence-corrected chi connectivity index (χ1v) is 11.3. The zero-order valence-corrected chi connectivity index (χ0v) is 17.7. The van der Waals surface area contributed by atoms with Gasteiger partial charge in [0.25, 0.3) is 0 Å². The number of amides is 2. The van der Waals surface area contributed by atoms with E-state index in [4.69, 9.17) is 0 Å². The maximum absolute atomic E-state index is 13.7. The number of nitrogens with zero attached hydrogens (tertiary/aromatic N) is 2. The first-order valence-electron chi connectivity index (χ1n) is 11.3. The van der Waals surface area contributed by atoms with E-state index >= 15 is 0 Å². The molecule has 0 radical (unpaired) electrons. The number of urea groups is 1. The number of carbonyl (C=O) groups is 1. The molecule has 0 unspecified atom stereocenters. The van der Waals surface area contributed by atoms with Crippen molar-refractivity contribution in [2.24, 2.45) is 0 Å². The lowest BCUT2D eigenvalue weighted by Crippen LogP contribution is -2.32. The normalized spacial score (nSPS) is 15.6. The summed E-state index contributed by atoms with van der Waals surface area (Å²) in [5, 5.41) is 0. The zero-order chi connectivity index (χ0) is 21.2. The second-order valence-electron chi connectivity index (χ2n) is 8.86. The van der Waals surface area contributed by atoms with Crippen LogP contribution in [0.5, 0.6) is 0 Å². The van der Waals surface area contributed by atoms with Crippen LogP contribution >= 0.6 is 0 Å². The number of carbonyl (C=O) groups excluding carboxylic acids is 1. The van der Waals surface area contributed by atoms with Crippen LogP contribution in [0, 0.1) is 0 Å². The lowest BCUT2D eigenvalue weighted by molar-refractivity contribution is 0.256. The summed E-state index contributed by atoms with van der Waals surface area (Å²) in [6.45, 7) is 1.42. The van der Waals surface area contributed by atoms with Crippen molar-refractivity contribution >= 4 is 17.4 Å². The van der Waals surface area contributed by atoms with Gasteiger partial charge in [0.15, 0.2) is 0 Å². The Morgan fingerprint density at radius 1 is 0.500 bits per heavy atom. The van der Waals surface area contributed by atoms with Gasteiger partial charge in [-0.25, -0.2) is 4.79 Å². The second kappa shape index (κ2) is 6.57. The molecule has 7 rings (SSSR count). The summed E-state index contributed by atoms with van der Waals surface area (Å²) in [4.78, 5) is 17.7. The summed E-state index contributed by atoms with van der Waals surface area (Å²) >= 11 is 0. The molecule has 3 heteroatoms. The molecule has 0 atom stereocenters. The fraction of sp³-hybridized carbons (Fsp3) is 0.138. The maximum Gasteiger partial charge on any atom is 0.329 e. The zero-order valence-electron chi connectivity index (χ0n) is 17.7. The summed E-state index contributed by atoms with van der Waals surface area (Å²) in [5.41, 5.74) is 12.5. The van der Waals surface area contributed by atoms with Gasteiger partial charge in [-0.3, -0.25) is 9.80 Å². The Balaban J connectivity index is 1.26. The molecule has 0 N–H and O–H groups in total. The van der Waals surface area contributed by atoms with E-state index in [1.807, 2.05) is 9.80 Å². The van der Waals surface area contributed by atoms with Crippen molar-refractivity contribution in [1.82, 2.24) is 0 Å². The molecular weight excluding hydrogens is 392 g/mol. The van der Waals surface area contributed by atoms with Gasteiger partial charge in [-0.1, -0.05) is 72.8 Å². The third-order valence-corrected chi connectivity index (χ3v) is 7.24. The van der Waals surface area contributed by atoms with Gasteiger partial charge in [-0.15, -0.1) is 0 Å². The Bertz CT molecular complexity index is 1310.